The molecular formula is C18H20FNO4. The van der Waals surface area contributed by atoms with Crippen LogP contribution >= 0.6 is 0 Å². The third-order valence-electron chi connectivity index (χ3n) is 3.45. The Morgan fingerprint density at radius 2 is 1.58 bits per heavy atom. The summed E-state index contributed by atoms with van der Waals surface area (Å²) in [6, 6.07) is 10.8. The van der Waals surface area contributed by atoms with Crippen LogP contribution < -0.4 is 14.2 Å². The molecule has 0 saturated heterocycles. The van der Waals surface area contributed by atoms with Gasteiger partial charge < -0.3 is 19.1 Å². The van der Waals surface area contributed by atoms with Crippen LogP contribution in [-0.4, -0.2) is 45.2 Å². The smallest absolute Gasteiger partial charge is 0.253 e. The molecule has 0 saturated carbocycles. The monoisotopic (exact) mass is 333 g/mol. The molecule has 0 bridgehead atoms. The molecule has 24 heavy (non-hydrogen) atoms. The Labute approximate surface area is 140 Å². The van der Waals surface area contributed by atoms with Crippen molar-refractivity contribution in [1.29, 1.82) is 0 Å². The van der Waals surface area contributed by atoms with E-state index in [4.69, 9.17) is 14.2 Å². The minimum absolute atomic E-state index is 0.171. The van der Waals surface area contributed by atoms with Crippen molar-refractivity contribution in [2.75, 3.05) is 34.4 Å². The van der Waals surface area contributed by atoms with Gasteiger partial charge in [0.25, 0.3) is 5.91 Å². The minimum atomic E-state index is -0.318. The van der Waals surface area contributed by atoms with E-state index in [2.05, 4.69) is 0 Å². The molecule has 0 aliphatic carbocycles. The molecule has 6 heteroatoms. The molecule has 0 spiro atoms. The molecule has 2 aromatic rings. The molecule has 0 aromatic heterocycles. The summed E-state index contributed by atoms with van der Waals surface area (Å²) < 4.78 is 28.7. The molecule has 128 valence electrons. The number of carbonyl (C=O) groups excluding carboxylic acids is 1. The number of hydrogen-bond acceptors (Lipinski definition) is 4. The Hall–Kier alpha value is -2.76. The maximum Gasteiger partial charge on any atom is 0.253 e. The molecule has 0 unspecified atom stereocenters. The van der Waals surface area contributed by atoms with E-state index in [9.17, 15) is 9.18 Å². The second-order valence-electron chi connectivity index (χ2n) is 5.13. The molecule has 0 aliphatic heterocycles. The summed E-state index contributed by atoms with van der Waals surface area (Å²) in [5.74, 6) is 1.17. The van der Waals surface area contributed by atoms with Crippen molar-refractivity contribution in [3.05, 3.63) is 53.8 Å². The molecule has 1 amide bonds. The molecule has 2 rings (SSSR count). The summed E-state index contributed by atoms with van der Waals surface area (Å²) in [5, 5.41) is 0. The van der Waals surface area contributed by atoms with Gasteiger partial charge in [-0.3, -0.25) is 4.79 Å². The van der Waals surface area contributed by atoms with Crippen molar-refractivity contribution in [3.63, 3.8) is 0 Å². The average Bonchev–Trinajstić information content (AvgIpc) is 2.62. The number of benzene rings is 2. The van der Waals surface area contributed by atoms with Crippen LogP contribution in [0.1, 0.15) is 10.4 Å². The number of halogens is 1. The topological polar surface area (TPSA) is 48.0 Å². The zero-order valence-electron chi connectivity index (χ0n) is 13.9. The summed E-state index contributed by atoms with van der Waals surface area (Å²) in [5.41, 5.74) is 0.468. The molecule has 5 nitrogen and oxygen atoms in total. The van der Waals surface area contributed by atoms with Gasteiger partial charge in [-0.2, -0.15) is 0 Å². The van der Waals surface area contributed by atoms with Crippen LogP contribution in [-0.2, 0) is 0 Å². The summed E-state index contributed by atoms with van der Waals surface area (Å²) in [6.07, 6.45) is 0. The number of rotatable bonds is 7. The first-order valence-corrected chi connectivity index (χ1v) is 7.40. The Kier molecular flexibility index (Phi) is 6.01. The zero-order valence-corrected chi connectivity index (χ0v) is 13.9. The standard InChI is InChI=1S/C18H20FNO4/c1-20(8-9-24-15-6-4-14(19)5-7-15)18(21)13-10-16(22-2)12-17(11-13)23-3/h4-7,10-12H,8-9H2,1-3H3. The van der Waals surface area contributed by atoms with Crippen molar-refractivity contribution >= 4 is 5.91 Å². The van der Waals surface area contributed by atoms with Crippen molar-refractivity contribution in [2.45, 2.75) is 0 Å². The minimum Gasteiger partial charge on any atom is -0.497 e. The Bertz CT molecular complexity index is 666. The summed E-state index contributed by atoms with van der Waals surface area (Å²) in [6.45, 7) is 0.685. The van der Waals surface area contributed by atoms with E-state index in [0.29, 0.717) is 36.0 Å². The Morgan fingerprint density at radius 1 is 1.00 bits per heavy atom. The lowest BCUT2D eigenvalue weighted by Crippen LogP contribution is -2.30. The van der Waals surface area contributed by atoms with Gasteiger partial charge in [0.05, 0.1) is 20.8 Å². The van der Waals surface area contributed by atoms with Crippen molar-refractivity contribution in [3.8, 4) is 17.2 Å². The van der Waals surface area contributed by atoms with Crippen LogP contribution in [0.5, 0.6) is 17.2 Å². The predicted molar refractivity (Wildman–Crippen MR) is 88.4 cm³/mol. The van der Waals surface area contributed by atoms with Crippen LogP contribution in [0.15, 0.2) is 42.5 Å². The van der Waals surface area contributed by atoms with Crippen molar-refractivity contribution in [1.82, 2.24) is 4.90 Å². The van der Waals surface area contributed by atoms with Gasteiger partial charge >= 0.3 is 0 Å². The maximum absolute atomic E-state index is 12.8. The maximum atomic E-state index is 12.8. The van der Waals surface area contributed by atoms with Crippen LogP contribution in [0, 0.1) is 5.82 Å². The first kappa shape index (κ1) is 17.6. The highest BCUT2D eigenvalue weighted by Gasteiger charge is 2.14. The highest BCUT2D eigenvalue weighted by molar-refractivity contribution is 5.95. The van der Waals surface area contributed by atoms with E-state index in [1.54, 1.807) is 37.4 Å². The molecule has 0 atom stereocenters. The van der Waals surface area contributed by atoms with E-state index in [0.717, 1.165) is 0 Å². The average molecular weight is 333 g/mol. The Morgan fingerprint density at radius 3 is 2.12 bits per heavy atom. The van der Waals surface area contributed by atoms with Crippen LogP contribution in [0.2, 0.25) is 0 Å². The van der Waals surface area contributed by atoms with Crippen LogP contribution in [0.3, 0.4) is 0 Å². The fourth-order valence-corrected chi connectivity index (χ4v) is 2.08. The number of nitrogens with zero attached hydrogens (tertiary/aromatic N) is 1. The van der Waals surface area contributed by atoms with Gasteiger partial charge in [-0.15, -0.1) is 0 Å². The second-order valence-corrected chi connectivity index (χ2v) is 5.13. The molecule has 0 radical (unpaired) electrons. The summed E-state index contributed by atoms with van der Waals surface area (Å²) >= 11 is 0. The van der Waals surface area contributed by atoms with Gasteiger partial charge in [0, 0.05) is 18.7 Å². The van der Waals surface area contributed by atoms with E-state index < -0.39 is 0 Å². The number of ether oxygens (including phenoxy) is 3. The molecular weight excluding hydrogens is 313 g/mol. The fourth-order valence-electron chi connectivity index (χ4n) is 2.08. The fraction of sp³-hybridized carbons (Fsp3) is 0.278. The lowest BCUT2D eigenvalue weighted by atomic mass is 10.1. The molecule has 0 aliphatic rings. The number of amides is 1. The van der Waals surface area contributed by atoms with E-state index in [1.165, 1.54) is 31.3 Å². The van der Waals surface area contributed by atoms with Gasteiger partial charge in [-0.25, -0.2) is 4.39 Å². The largest absolute Gasteiger partial charge is 0.497 e. The number of likely N-dealkylation sites (N-methyl/N-ethyl adjacent to an activating group) is 1. The lowest BCUT2D eigenvalue weighted by Gasteiger charge is -2.18. The molecule has 0 fully saturated rings. The zero-order chi connectivity index (χ0) is 17.5. The van der Waals surface area contributed by atoms with Crippen LogP contribution in [0.4, 0.5) is 4.39 Å². The van der Waals surface area contributed by atoms with Gasteiger partial charge in [-0.05, 0) is 36.4 Å². The normalized spacial score (nSPS) is 10.2. The van der Waals surface area contributed by atoms with Gasteiger partial charge in [0.1, 0.15) is 29.7 Å². The van der Waals surface area contributed by atoms with Gasteiger partial charge in [0.2, 0.25) is 0 Å². The number of hydrogen-bond donors (Lipinski definition) is 0. The second kappa shape index (κ2) is 8.19. The van der Waals surface area contributed by atoms with E-state index in [1.807, 2.05) is 0 Å². The van der Waals surface area contributed by atoms with Crippen molar-refractivity contribution < 1.29 is 23.4 Å². The van der Waals surface area contributed by atoms with Gasteiger partial charge in [-0.1, -0.05) is 0 Å². The van der Waals surface area contributed by atoms with Crippen molar-refractivity contribution in [2.24, 2.45) is 0 Å². The molecule has 2 aromatic carbocycles. The SMILES string of the molecule is COc1cc(OC)cc(C(=O)N(C)CCOc2ccc(F)cc2)c1. The quantitative estimate of drug-likeness (QED) is 0.781. The third kappa shape index (κ3) is 4.62. The van der Waals surface area contributed by atoms with E-state index in [-0.39, 0.29) is 11.7 Å². The molecule has 0 heterocycles. The number of methoxy groups -OCH3 is 2. The summed E-state index contributed by atoms with van der Waals surface area (Å²) in [7, 11) is 4.74. The first-order valence-electron chi connectivity index (χ1n) is 7.40. The van der Waals surface area contributed by atoms with Crippen LogP contribution in [0.25, 0.3) is 0 Å². The molecule has 0 N–H and O–H groups in total. The third-order valence-corrected chi connectivity index (χ3v) is 3.45. The highest BCUT2D eigenvalue weighted by atomic mass is 19.1. The number of carbonyl (C=O) groups is 1. The Balaban J connectivity index is 1.95. The highest BCUT2D eigenvalue weighted by Crippen LogP contribution is 2.23. The predicted octanol–water partition coefficient (Wildman–Crippen LogP) is 2.99. The van der Waals surface area contributed by atoms with Gasteiger partial charge in [0.15, 0.2) is 0 Å². The first-order chi connectivity index (χ1) is 11.5. The van der Waals surface area contributed by atoms with E-state index >= 15 is 0 Å². The lowest BCUT2D eigenvalue weighted by molar-refractivity contribution is 0.0773. The summed E-state index contributed by atoms with van der Waals surface area (Å²) in [4.78, 5) is 14.0.